The van der Waals surface area contributed by atoms with Crippen molar-refractivity contribution in [3.05, 3.63) is 57.6 Å². The highest BCUT2D eigenvalue weighted by Gasteiger charge is 2.36. The Kier molecular flexibility index (Phi) is 3.87. The first-order chi connectivity index (χ1) is 10.3. The van der Waals surface area contributed by atoms with Crippen molar-refractivity contribution >= 4 is 38.9 Å². The Morgan fingerprint density at radius 2 is 1.77 bits per heavy atom. The van der Waals surface area contributed by atoms with Crippen LogP contribution in [-0.4, -0.2) is 14.5 Å². The van der Waals surface area contributed by atoms with Gasteiger partial charge in [-0.25, -0.2) is 8.42 Å². The quantitative estimate of drug-likeness (QED) is 0.798. The molecule has 1 atom stereocenters. The average molecular weight is 356 g/mol. The van der Waals surface area contributed by atoms with Crippen molar-refractivity contribution in [2.45, 2.75) is 31.2 Å². The molecule has 116 valence electrons. The number of anilines is 1. The summed E-state index contributed by atoms with van der Waals surface area (Å²) in [5, 5.41) is 0.596. The lowest BCUT2D eigenvalue weighted by atomic mass is 10.1. The summed E-state index contributed by atoms with van der Waals surface area (Å²) in [6.45, 7) is 3.63. The number of hydrogen-bond acceptors (Lipinski definition) is 2. The van der Waals surface area contributed by atoms with Gasteiger partial charge in [-0.3, -0.25) is 4.31 Å². The Labute approximate surface area is 140 Å². The predicted molar refractivity (Wildman–Crippen MR) is 90.5 cm³/mol. The molecular weight excluding hydrogens is 341 g/mol. The van der Waals surface area contributed by atoms with Gasteiger partial charge in [0, 0.05) is 6.04 Å². The van der Waals surface area contributed by atoms with Gasteiger partial charge in [-0.05, 0) is 49.6 Å². The van der Waals surface area contributed by atoms with Crippen molar-refractivity contribution in [3.8, 4) is 0 Å². The first-order valence-corrected chi connectivity index (χ1v) is 9.10. The van der Waals surface area contributed by atoms with Crippen LogP contribution in [0.15, 0.2) is 41.3 Å². The highest BCUT2D eigenvalue weighted by molar-refractivity contribution is 7.93. The maximum Gasteiger partial charge on any atom is 0.264 e. The molecular formula is C16H15Cl2NO2S. The van der Waals surface area contributed by atoms with E-state index in [0.717, 1.165) is 11.3 Å². The number of halogens is 2. The number of fused-ring (bicyclic) bond motifs is 1. The molecule has 2 aromatic rings. The number of nitrogens with zero attached hydrogens (tertiary/aromatic N) is 1. The van der Waals surface area contributed by atoms with E-state index in [1.54, 1.807) is 13.0 Å². The largest absolute Gasteiger partial charge is 0.264 e. The van der Waals surface area contributed by atoms with E-state index >= 15 is 0 Å². The molecule has 1 heterocycles. The molecule has 0 radical (unpaired) electrons. The Morgan fingerprint density at radius 1 is 1.14 bits per heavy atom. The van der Waals surface area contributed by atoms with Gasteiger partial charge < -0.3 is 0 Å². The maximum atomic E-state index is 13.1. The molecule has 1 aliphatic rings. The fourth-order valence-electron chi connectivity index (χ4n) is 2.92. The van der Waals surface area contributed by atoms with Crippen molar-refractivity contribution in [1.29, 1.82) is 0 Å². The van der Waals surface area contributed by atoms with Gasteiger partial charge in [-0.1, -0.05) is 41.4 Å². The lowest BCUT2D eigenvalue weighted by Gasteiger charge is -2.25. The number of sulfonamides is 1. The average Bonchev–Trinajstić information content (AvgIpc) is 2.79. The van der Waals surface area contributed by atoms with Crippen molar-refractivity contribution in [1.82, 2.24) is 0 Å². The van der Waals surface area contributed by atoms with Crippen LogP contribution in [0.2, 0.25) is 10.0 Å². The van der Waals surface area contributed by atoms with Crippen molar-refractivity contribution in [2.75, 3.05) is 4.31 Å². The molecule has 3 nitrogen and oxygen atoms in total. The van der Waals surface area contributed by atoms with Crippen LogP contribution in [0, 0.1) is 6.92 Å². The Balaban J connectivity index is 2.17. The lowest BCUT2D eigenvalue weighted by molar-refractivity contribution is 0.583. The van der Waals surface area contributed by atoms with Crippen LogP contribution in [-0.2, 0) is 16.4 Å². The molecule has 0 fully saturated rings. The minimum absolute atomic E-state index is 0.128. The highest BCUT2D eigenvalue weighted by Crippen LogP contribution is 2.38. The molecule has 0 unspecified atom stereocenters. The summed E-state index contributed by atoms with van der Waals surface area (Å²) in [6, 6.07) is 10.5. The molecule has 22 heavy (non-hydrogen) atoms. The zero-order valence-electron chi connectivity index (χ0n) is 12.2. The van der Waals surface area contributed by atoms with Gasteiger partial charge in [0.25, 0.3) is 10.0 Å². The van der Waals surface area contributed by atoms with Gasteiger partial charge in [0.05, 0.1) is 20.6 Å². The minimum atomic E-state index is -3.68. The number of para-hydroxylation sites is 1. The van der Waals surface area contributed by atoms with E-state index in [4.69, 9.17) is 23.2 Å². The molecule has 1 aliphatic heterocycles. The number of benzene rings is 2. The summed E-state index contributed by atoms with van der Waals surface area (Å²) in [5.41, 5.74) is 2.36. The summed E-state index contributed by atoms with van der Waals surface area (Å²) < 4.78 is 27.7. The second kappa shape index (κ2) is 5.44. The molecule has 0 N–H and O–H groups in total. The van der Waals surface area contributed by atoms with Gasteiger partial charge >= 0.3 is 0 Å². The summed E-state index contributed by atoms with van der Waals surface area (Å²) >= 11 is 12.0. The van der Waals surface area contributed by atoms with E-state index in [9.17, 15) is 8.42 Å². The first-order valence-electron chi connectivity index (χ1n) is 6.90. The van der Waals surface area contributed by atoms with E-state index in [1.807, 2.05) is 31.2 Å². The Hall–Kier alpha value is -1.23. The fourth-order valence-corrected chi connectivity index (χ4v) is 5.29. The Bertz CT molecular complexity index is 849. The molecule has 2 aromatic carbocycles. The lowest BCUT2D eigenvalue weighted by Crippen LogP contribution is -2.36. The van der Waals surface area contributed by atoms with Crippen LogP contribution >= 0.6 is 23.2 Å². The van der Waals surface area contributed by atoms with Crippen LogP contribution in [0.4, 0.5) is 5.69 Å². The smallest absolute Gasteiger partial charge is 0.263 e. The fraction of sp³-hybridized carbons (Fsp3) is 0.250. The van der Waals surface area contributed by atoms with Gasteiger partial charge in [0.2, 0.25) is 0 Å². The van der Waals surface area contributed by atoms with Crippen LogP contribution in [0.25, 0.3) is 0 Å². The monoisotopic (exact) mass is 355 g/mol. The summed E-state index contributed by atoms with van der Waals surface area (Å²) in [6.07, 6.45) is 0.704. The van der Waals surface area contributed by atoms with Gasteiger partial charge in [0.1, 0.15) is 0 Å². The van der Waals surface area contributed by atoms with Gasteiger partial charge in [-0.2, -0.15) is 0 Å². The third kappa shape index (κ3) is 2.39. The number of aryl methyl sites for hydroxylation is 1. The predicted octanol–water partition coefficient (Wildman–Crippen LogP) is 4.44. The summed E-state index contributed by atoms with van der Waals surface area (Å²) in [5.74, 6) is 0. The first kappa shape index (κ1) is 15.7. The minimum Gasteiger partial charge on any atom is -0.263 e. The summed E-state index contributed by atoms with van der Waals surface area (Å²) in [4.78, 5) is 0.199. The molecule has 0 saturated carbocycles. The normalized spacial score (nSPS) is 17.6. The SMILES string of the molecule is Cc1cc(Cl)c(Cl)cc1S(=O)(=O)N1c2ccccc2C[C@H]1C. The summed E-state index contributed by atoms with van der Waals surface area (Å²) in [7, 11) is -3.68. The molecule has 0 spiro atoms. The molecule has 6 heteroatoms. The third-order valence-electron chi connectivity index (χ3n) is 3.90. The van der Waals surface area contributed by atoms with E-state index in [1.165, 1.54) is 10.4 Å². The molecule has 0 bridgehead atoms. The van der Waals surface area contributed by atoms with Gasteiger partial charge in [-0.15, -0.1) is 0 Å². The molecule has 3 rings (SSSR count). The van der Waals surface area contributed by atoms with Crippen molar-refractivity contribution < 1.29 is 8.42 Å². The second-order valence-corrected chi connectivity index (χ2v) is 8.11. The Morgan fingerprint density at radius 3 is 2.50 bits per heavy atom. The molecule has 0 aliphatic carbocycles. The number of rotatable bonds is 2. The van der Waals surface area contributed by atoms with Crippen LogP contribution in [0.5, 0.6) is 0 Å². The zero-order valence-corrected chi connectivity index (χ0v) is 14.5. The van der Waals surface area contributed by atoms with Crippen LogP contribution in [0.3, 0.4) is 0 Å². The van der Waals surface area contributed by atoms with Crippen LogP contribution < -0.4 is 4.31 Å². The standard InChI is InChI=1S/C16H15Cl2NO2S/c1-10-7-13(17)14(18)9-16(10)22(20,21)19-11(2)8-12-5-3-4-6-15(12)19/h3-7,9,11H,8H2,1-2H3/t11-/m1/s1. The molecule has 0 amide bonds. The van der Waals surface area contributed by atoms with E-state index in [-0.39, 0.29) is 16.0 Å². The molecule has 0 aromatic heterocycles. The van der Waals surface area contributed by atoms with E-state index in [2.05, 4.69) is 0 Å². The van der Waals surface area contributed by atoms with Crippen molar-refractivity contribution in [2.24, 2.45) is 0 Å². The third-order valence-corrected chi connectivity index (χ3v) is 6.69. The number of hydrogen-bond donors (Lipinski definition) is 0. The highest BCUT2D eigenvalue weighted by atomic mass is 35.5. The topological polar surface area (TPSA) is 37.4 Å². The van der Waals surface area contributed by atoms with Gasteiger partial charge in [0.15, 0.2) is 0 Å². The maximum absolute atomic E-state index is 13.1. The molecule has 0 saturated heterocycles. The van der Waals surface area contributed by atoms with E-state index < -0.39 is 10.0 Å². The second-order valence-electron chi connectivity index (χ2n) is 5.51. The van der Waals surface area contributed by atoms with E-state index in [0.29, 0.717) is 17.0 Å². The van der Waals surface area contributed by atoms with Crippen molar-refractivity contribution in [3.63, 3.8) is 0 Å². The van der Waals surface area contributed by atoms with Crippen LogP contribution in [0.1, 0.15) is 18.1 Å². The zero-order chi connectivity index (χ0) is 16.1.